The van der Waals surface area contributed by atoms with Crippen LogP contribution in [0.5, 0.6) is 5.75 Å². The molecule has 22 heavy (non-hydrogen) atoms. The molecular weight excluding hydrogens is 288 g/mol. The first kappa shape index (κ1) is 15.8. The predicted octanol–water partition coefficient (Wildman–Crippen LogP) is 0.508. The minimum atomic E-state index is -0.627. The molecule has 1 aromatic carbocycles. The number of ether oxygens (including phenoxy) is 2. The normalized spacial score (nSPS) is 17.6. The molecule has 0 saturated carbocycles. The van der Waals surface area contributed by atoms with E-state index in [1.165, 1.54) is 7.11 Å². The van der Waals surface area contributed by atoms with Crippen molar-refractivity contribution in [3.8, 4) is 5.75 Å². The summed E-state index contributed by atoms with van der Waals surface area (Å²) < 4.78 is 10.1. The van der Waals surface area contributed by atoms with Crippen molar-refractivity contribution in [2.45, 2.75) is 12.8 Å². The monoisotopic (exact) mass is 306 g/mol. The number of nitrogens with one attached hydrogen (secondary N) is 1. The van der Waals surface area contributed by atoms with Crippen molar-refractivity contribution in [1.82, 2.24) is 10.4 Å². The van der Waals surface area contributed by atoms with Crippen LogP contribution in [-0.2, 0) is 19.1 Å². The maximum absolute atomic E-state index is 12.1. The fourth-order valence-electron chi connectivity index (χ4n) is 2.15. The molecular formula is C15H18N2O5. The van der Waals surface area contributed by atoms with Gasteiger partial charge in [-0.15, -0.1) is 0 Å². The summed E-state index contributed by atoms with van der Waals surface area (Å²) >= 11 is 0. The lowest BCUT2D eigenvalue weighted by Gasteiger charge is -2.31. The van der Waals surface area contributed by atoms with Crippen molar-refractivity contribution in [2.24, 2.45) is 5.92 Å². The van der Waals surface area contributed by atoms with Crippen LogP contribution in [0.1, 0.15) is 12.8 Å². The number of carbonyl (C=O) groups excluding carboxylic acids is 3. The number of benzene rings is 1. The highest BCUT2D eigenvalue weighted by Gasteiger charge is 2.33. The lowest BCUT2D eigenvalue weighted by molar-refractivity contribution is -0.156. The van der Waals surface area contributed by atoms with Crippen LogP contribution in [0.25, 0.3) is 0 Å². The molecule has 118 valence electrons. The molecule has 0 bridgehead atoms. The highest BCUT2D eigenvalue weighted by atomic mass is 16.5. The van der Waals surface area contributed by atoms with Crippen LogP contribution in [0, 0.1) is 5.92 Å². The van der Waals surface area contributed by atoms with Gasteiger partial charge >= 0.3 is 5.97 Å². The first-order valence-electron chi connectivity index (χ1n) is 6.95. The largest absolute Gasteiger partial charge is 0.493 e. The molecule has 1 N–H and O–H groups in total. The van der Waals surface area contributed by atoms with E-state index < -0.39 is 11.9 Å². The van der Waals surface area contributed by atoms with Crippen LogP contribution >= 0.6 is 0 Å². The van der Waals surface area contributed by atoms with Crippen LogP contribution in [0.4, 0.5) is 0 Å². The summed E-state index contributed by atoms with van der Waals surface area (Å²) in [4.78, 5) is 35.1. The molecule has 7 nitrogen and oxygen atoms in total. The SMILES string of the molecule is COC(=O)C1CC(=O)NN(C(=O)CCOc2ccccc2)C1. The number of amides is 2. The number of hydrazine groups is 1. The van der Waals surface area contributed by atoms with Gasteiger partial charge in [0, 0.05) is 6.42 Å². The van der Waals surface area contributed by atoms with Crippen molar-refractivity contribution in [1.29, 1.82) is 0 Å². The fraction of sp³-hybridized carbons (Fsp3) is 0.400. The van der Waals surface area contributed by atoms with Gasteiger partial charge in [-0.2, -0.15) is 0 Å². The Morgan fingerprint density at radius 1 is 1.32 bits per heavy atom. The van der Waals surface area contributed by atoms with Crippen molar-refractivity contribution in [3.05, 3.63) is 30.3 Å². The first-order valence-corrected chi connectivity index (χ1v) is 6.95. The molecule has 1 aromatic rings. The zero-order chi connectivity index (χ0) is 15.9. The minimum absolute atomic E-state index is 0.0248. The lowest BCUT2D eigenvalue weighted by atomic mass is 10.0. The van der Waals surface area contributed by atoms with Gasteiger partial charge in [-0.3, -0.25) is 24.8 Å². The summed E-state index contributed by atoms with van der Waals surface area (Å²) in [5, 5.41) is 1.15. The van der Waals surface area contributed by atoms with Gasteiger partial charge in [0.25, 0.3) is 0 Å². The molecule has 2 rings (SSSR count). The summed E-state index contributed by atoms with van der Waals surface area (Å²) in [6.45, 7) is 0.306. The topological polar surface area (TPSA) is 84.9 Å². The van der Waals surface area contributed by atoms with E-state index in [0.29, 0.717) is 5.75 Å². The quantitative estimate of drug-likeness (QED) is 0.801. The highest BCUT2D eigenvalue weighted by Crippen LogP contribution is 2.14. The van der Waals surface area contributed by atoms with E-state index in [1.54, 1.807) is 12.1 Å². The maximum Gasteiger partial charge on any atom is 0.311 e. The Bertz CT molecular complexity index is 546. The summed E-state index contributed by atoms with van der Waals surface area (Å²) in [6.07, 6.45) is 0.125. The molecule has 1 unspecified atom stereocenters. The van der Waals surface area contributed by atoms with Crippen molar-refractivity contribution < 1.29 is 23.9 Å². The van der Waals surface area contributed by atoms with Gasteiger partial charge in [0.2, 0.25) is 11.8 Å². The molecule has 0 spiro atoms. The Balaban J connectivity index is 1.83. The van der Waals surface area contributed by atoms with Gasteiger partial charge in [0.15, 0.2) is 0 Å². The van der Waals surface area contributed by atoms with E-state index in [-0.39, 0.29) is 37.8 Å². The standard InChI is InChI=1S/C15H18N2O5/c1-21-15(20)11-9-13(18)16-17(10-11)14(19)7-8-22-12-5-3-2-4-6-12/h2-6,11H,7-10H2,1H3,(H,16,18). The Kier molecular flexibility index (Phi) is 5.35. The number of methoxy groups -OCH3 is 1. The number of para-hydroxylation sites is 1. The molecule has 1 heterocycles. The number of esters is 1. The third-order valence-corrected chi connectivity index (χ3v) is 3.26. The van der Waals surface area contributed by atoms with E-state index in [2.05, 4.69) is 10.2 Å². The van der Waals surface area contributed by atoms with Crippen molar-refractivity contribution in [3.63, 3.8) is 0 Å². The number of rotatable bonds is 5. The predicted molar refractivity (Wildman–Crippen MR) is 76.5 cm³/mol. The molecule has 1 aliphatic rings. The smallest absolute Gasteiger partial charge is 0.311 e. The summed E-state index contributed by atoms with van der Waals surface area (Å²) in [6, 6.07) is 9.13. The Hall–Kier alpha value is -2.57. The molecule has 0 radical (unpaired) electrons. The Morgan fingerprint density at radius 2 is 2.05 bits per heavy atom. The number of carbonyl (C=O) groups is 3. The minimum Gasteiger partial charge on any atom is -0.493 e. The molecule has 1 atom stereocenters. The van der Waals surface area contributed by atoms with E-state index in [4.69, 9.17) is 4.74 Å². The number of nitrogens with zero attached hydrogens (tertiary/aromatic N) is 1. The molecule has 1 fully saturated rings. The molecule has 0 aromatic heterocycles. The van der Waals surface area contributed by atoms with Crippen LogP contribution in [0.3, 0.4) is 0 Å². The van der Waals surface area contributed by atoms with Crippen LogP contribution < -0.4 is 10.2 Å². The highest BCUT2D eigenvalue weighted by molar-refractivity contribution is 5.88. The third-order valence-electron chi connectivity index (χ3n) is 3.26. The molecule has 1 aliphatic heterocycles. The van der Waals surface area contributed by atoms with E-state index >= 15 is 0 Å². The van der Waals surface area contributed by atoms with Gasteiger partial charge in [0.1, 0.15) is 5.75 Å². The molecule has 0 aliphatic carbocycles. The molecule has 2 amide bonds. The molecule has 7 heteroatoms. The van der Waals surface area contributed by atoms with Crippen molar-refractivity contribution in [2.75, 3.05) is 20.3 Å². The second kappa shape index (κ2) is 7.44. The average Bonchev–Trinajstić information content (AvgIpc) is 2.54. The maximum atomic E-state index is 12.1. The molecule has 1 saturated heterocycles. The Morgan fingerprint density at radius 3 is 2.73 bits per heavy atom. The second-order valence-electron chi connectivity index (χ2n) is 4.88. The second-order valence-corrected chi connectivity index (χ2v) is 4.88. The third kappa shape index (κ3) is 4.21. The van der Waals surface area contributed by atoms with Gasteiger partial charge in [-0.1, -0.05) is 18.2 Å². The van der Waals surface area contributed by atoms with Crippen LogP contribution in [0.2, 0.25) is 0 Å². The number of hydrogen-bond acceptors (Lipinski definition) is 5. The lowest BCUT2D eigenvalue weighted by Crippen LogP contribution is -2.55. The van der Waals surface area contributed by atoms with Crippen molar-refractivity contribution >= 4 is 17.8 Å². The summed E-state index contributed by atoms with van der Waals surface area (Å²) in [5.41, 5.74) is 2.46. The average molecular weight is 306 g/mol. The summed E-state index contributed by atoms with van der Waals surface area (Å²) in [7, 11) is 1.26. The van der Waals surface area contributed by atoms with Gasteiger partial charge in [-0.25, -0.2) is 0 Å². The van der Waals surface area contributed by atoms with Gasteiger partial charge in [-0.05, 0) is 12.1 Å². The van der Waals surface area contributed by atoms with Gasteiger partial charge < -0.3 is 9.47 Å². The van der Waals surface area contributed by atoms with Gasteiger partial charge in [0.05, 0.1) is 32.6 Å². The Labute approximate surface area is 128 Å². The van der Waals surface area contributed by atoms with E-state index in [9.17, 15) is 14.4 Å². The number of hydrogen-bond donors (Lipinski definition) is 1. The zero-order valence-corrected chi connectivity index (χ0v) is 12.3. The van der Waals surface area contributed by atoms with Crippen LogP contribution in [-0.4, -0.2) is 43.1 Å². The fourth-order valence-corrected chi connectivity index (χ4v) is 2.15. The summed E-state index contributed by atoms with van der Waals surface area (Å²) in [5.74, 6) is -1.13. The zero-order valence-electron chi connectivity index (χ0n) is 12.3. The van der Waals surface area contributed by atoms with Crippen LogP contribution in [0.15, 0.2) is 30.3 Å². The van der Waals surface area contributed by atoms with E-state index in [0.717, 1.165) is 5.01 Å². The van der Waals surface area contributed by atoms with E-state index in [1.807, 2.05) is 18.2 Å². The first-order chi connectivity index (χ1) is 10.6.